The SMILES string of the molecule is CCC(NC(=O)CN(C)C)c1ccccc1. The van der Waals surface area contributed by atoms with Crippen LogP contribution in [-0.4, -0.2) is 31.4 Å². The lowest BCUT2D eigenvalue weighted by Gasteiger charge is -2.18. The molecule has 3 nitrogen and oxygen atoms in total. The molecule has 0 aliphatic heterocycles. The number of hydrogen-bond donors (Lipinski definition) is 1. The van der Waals surface area contributed by atoms with Crippen molar-refractivity contribution in [3.8, 4) is 0 Å². The van der Waals surface area contributed by atoms with Gasteiger partial charge in [0.15, 0.2) is 0 Å². The minimum atomic E-state index is 0.0701. The summed E-state index contributed by atoms with van der Waals surface area (Å²) in [5.74, 6) is 0.0701. The molecule has 0 radical (unpaired) electrons. The molecule has 0 aromatic heterocycles. The van der Waals surface area contributed by atoms with Gasteiger partial charge in [0.2, 0.25) is 5.91 Å². The Morgan fingerprint density at radius 3 is 2.44 bits per heavy atom. The van der Waals surface area contributed by atoms with Gasteiger partial charge in [-0.1, -0.05) is 37.3 Å². The predicted octanol–water partition coefficient (Wildman–Crippen LogP) is 1.82. The Labute approximate surface area is 97.5 Å². The zero-order chi connectivity index (χ0) is 12.0. The normalized spacial score (nSPS) is 12.5. The van der Waals surface area contributed by atoms with Crippen molar-refractivity contribution in [3.05, 3.63) is 35.9 Å². The Morgan fingerprint density at radius 1 is 1.31 bits per heavy atom. The van der Waals surface area contributed by atoms with Crippen LogP contribution < -0.4 is 5.32 Å². The van der Waals surface area contributed by atoms with Crippen molar-refractivity contribution in [2.24, 2.45) is 0 Å². The van der Waals surface area contributed by atoms with Crippen LogP contribution >= 0.6 is 0 Å². The highest BCUT2D eigenvalue weighted by molar-refractivity contribution is 5.78. The maximum atomic E-state index is 11.6. The van der Waals surface area contributed by atoms with Crippen LogP contribution in [0.25, 0.3) is 0 Å². The fourth-order valence-electron chi connectivity index (χ4n) is 1.63. The summed E-state index contributed by atoms with van der Waals surface area (Å²) < 4.78 is 0. The van der Waals surface area contributed by atoms with Crippen LogP contribution in [0.1, 0.15) is 24.9 Å². The van der Waals surface area contributed by atoms with Crippen LogP contribution in [-0.2, 0) is 4.79 Å². The van der Waals surface area contributed by atoms with Gasteiger partial charge in [0.25, 0.3) is 0 Å². The number of benzene rings is 1. The highest BCUT2D eigenvalue weighted by Crippen LogP contribution is 2.15. The lowest BCUT2D eigenvalue weighted by atomic mass is 10.0. The Kier molecular flexibility index (Phi) is 4.99. The molecule has 1 rings (SSSR count). The summed E-state index contributed by atoms with van der Waals surface area (Å²) in [5, 5.41) is 3.03. The number of hydrogen-bond acceptors (Lipinski definition) is 2. The molecule has 0 bridgehead atoms. The second-order valence-electron chi connectivity index (χ2n) is 4.18. The van der Waals surface area contributed by atoms with Gasteiger partial charge in [-0.05, 0) is 26.1 Å². The summed E-state index contributed by atoms with van der Waals surface area (Å²) in [4.78, 5) is 13.5. The highest BCUT2D eigenvalue weighted by atomic mass is 16.2. The molecule has 0 spiro atoms. The summed E-state index contributed by atoms with van der Waals surface area (Å²) in [6.07, 6.45) is 0.906. The van der Waals surface area contributed by atoms with Crippen LogP contribution in [0.2, 0.25) is 0 Å². The van der Waals surface area contributed by atoms with Gasteiger partial charge in [0.1, 0.15) is 0 Å². The fourth-order valence-corrected chi connectivity index (χ4v) is 1.63. The largest absolute Gasteiger partial charge is 0.348 e. The van der Waals surface area contributed by atoms with Crippen molar-refractivity contribution in [1.29, 1.82) is 0 Å². The minimum absolute atomic E-state index is 0.0701. The summed E-state index contributed by atoms with van der Waals surface area (Å²) in [7, 11) is 3.78. The average Bonchev–Trinajstić information content (AvgIpc) is 2.26. The third-order valence-electron chi connectivity index (χ3n) is 2.41. The molecule has 0 saturated carbocycles. The first-order valence-corrected chi connectivity index (χ1v) is 5.62. The summed E-state index contributed by atoms with van der Waals surface area (Å²) in [6.45, 7) is 2.51. The van der Waals surface area contributed by atoms with E-state index in [-0.39, 0.29) is 11.9 Å². The molecule has 3 heteroatoms. The molecule has 1 amide bonds. The van der Waals surface area contributed by atoms with Crippen molar-refractivity contribution < 1.29 is 4.79 Å². The topological polar surface area (TPSA) is 32.3 Å². The molecular weight excluding hydrogens is 200 g/mol. The third-order valence-corrected chi connectivity index (χ3v) is 2.41. The van der Waals surface area contributed by atoms with Crippen molar-refractivity contribution in [1.82, 2.24) is 10.2 Å². The van der Waals surface area contributed by atoms with Crippen molar-refractivity contribution >= 4 is 5.91 Å². The lowest BCUT2D eigenvalue weighted by molar-refractivity contribution is -0.122. The van der Waals surface area contributed by atoms with Gasteiger partial charge in [-0.2, -0.15) is 0 Å². The van der Waals surface area contributed by atoms with E-state index in [9.17, 15) is 4.79 Å². The first kappa shape index (κ1) is 12.7. The quantitative estimate of drug-likeness (QED) is 0.821. The van der Waals surface area contributed by atoms with Gasteiger partial charge in [-0.15, -0.1) is 0 Å². The molecule has 0 fully saturated rings. The van der Waals surface area contributed by atoms with Crippen LogP contribution in [0, 0.1) is 0 Å². The van der Waals surface area contributed by atoms with Gasteiger partial charge in [0.05, 0.1) is 12.6 Å². The molecule has 88 valence electrons. The number of carbonyl (C=O) groups is 1. The molecule has 0 saturated heterocycles. The molecule has 0 heterocycles. The van der Waals surface area contributed by atoms with E-state index in [0.717, 1.165) is 12.0 Å². The molecule has 1 aromatic rings. The smallest absolute Gasteiger partial charge is 0.234 e. The van der Waals surface area contributed by atoms with E-state index in [4.69, 9.17) is 0 Å². The number of carbonyl (C=O) groups excluding carboxylic acids is 1. The van der Waals surface area contributed by atoms with E-state index in [1.54, 1.807) is 0 Å². The Morgan fingerprint density at radius 2 is 1.94 bits per heavy atom. The fraction of sp³-hybridized carbons (Fsp3) is 0.462. The third kappa shape index (κ3) is 4.03. The Bertz CT molecular complexity index is 322. The van der Waals surface area contributed by atoms with Crippen LogP contribution in [0.3, 0.4) is 0 Å². The highest BCUT2D eigenvalue weighted by Gasteiger charge is 2.12. The van der Waals surface area contributed by atoms with E-state index < -0.39 is 0 Å². The molecule has 1 N–H and O–H groups in total. The van der Waals surface area contributed by atoms with Gasteiger partial charge < -0.3 is 10.2 Å². The van der Waals surface area contributed by atoms with Crippen LogP contribution in [0.15, 0.2) is 30.3 Å². The first-order valence-electron chi connectivity index (χ1n) is 5.62. The molecule has 0 aliphatic carbocycles. The Balaban J connectivity index is 2.59. The van der Waals surface area contributed by atoms with Gasteiger partial charge >= 0.3 is 0 Å². The molecule has 1 aromatic carbocycles. The number of nitrogens with zero attached hydrogens (tertiary/aromatic N) is 1. The summed E-state index contributed by atoms with van der Waals surface area (Å²) in [6, 6.07) is 10.2. The maximum Gasteiger partial charge on any atom is 0.234 e. The van der Waals surface area contributed by atoms with E-state index in [1.165, 1.54) is 0 Å². The van der Waals surface area contributed by atoms with Gasteiger partial charge in [-0.25, -0.2) is 0 Å². The standard InChI is InChI=1S/C13H20N2O/c1-4-12(11-8-6-5-7-9-11)14-13(16)10-15(2)3/h5-9,12H,4,10H2,1-3H3,(H,14,16). The number of rotatable bonds is 5. The zero-order valence-electron chi connectivity index (χ0n) is 10.2. The van der Waals surface area contributed by atoms with E-state index in [2.05, 4.69) is 12.2 Å². The monoisotopic (exact) mass is 220 g/mol. The van der Waals surface area contributed by atoms with Crippen molar-refractivity contribution in [2.75, 3.05) is 20.6 Å². The number of likely N-dealkylation sites (N-methyl/N-ethyl adjacent to an activating group) is 1. The summed E-state index contributed by atoms with van der Waals surface area (Å²) in [5.41, 5.74) is 1.16. The zero-order valence-corrected chi connectivity index (χ0v) is 10.2. The summed E-state index contributed by atoms with van der Waals surface area (Å²) >= 11 is 0. The number of nitrogens with one attached hydrogen (secondary N) is 1. The van der Waals surface area contributed by atoms with Crippen molar-refractivity contribution in [2.45, 2.75) is 19.4 Å². The predicted molar refractivity (Wildman–Crippen MR) is 66.2 cm³/mol. The second kappa shape index (κ2) is 6.28. The van der Waals surface area contributed by atoms with E-state index >= 15 is 0 Å². The van der Waals surface area contributed by atoms with E-state index in [0.29, 0.717) is 6.54 Å². The van der Waals surface area contributed by atoms with E-state index in [1.807, 2.05) is 49.3 Å². The average molecular weight is 220 g/mol. The van der Waals surface area contributed by atoms with Gasteiger partial charge in [0, 0.05) is 0 Å². The van der Waals surface area contributed by atoms with Gasteiger partial charge in [-0.3, -0.25) is 4.79 Å². The van der Waals surface area contributed by atoms with Crippen LogP contribution in [0.5, 0.6) is 0 Å². The minimum Gasteiger partial charge on any atom is -0.348 e. The van der Waals surface area contributed by atoms with Crippen molar-refractivity contribution in [3.63, 3.8) is 0 Å². The molecular formula is C13H20N2O. The molecule has 16 heavy (non-hydrogen) atoms. The second-order valence-corrected chi connectivity index (χ2v) is 4.18. The van der Waals surface area contributed by atoms with Crippen LogP contribution in [0.4, 0.5) is 0 Å². The number of amides is 1. The first-order chi connectivity index (χ1) is 7.63. The Hall–Kier alpha value is -1.35. The molecule has 0 aliphatic rings. The lowest BCUT2D eigenvalue weighted by Crippen LogP contribution is -2.35. The molecule has 1 atom stereocenters. The maximum absolute atomic E-state index is 11.6. The molecule has 1 unspecified atom stereocenters.